The van der Waals surface area contributed by atoms with Crippen molar-refractivity contribution in [2.24, 2.45) is 0 Å². The molecule has 0 aliphatic carbocycles. The molecule has 184 valence electrons. The number of fused-ring (bicyclic) bond motifs is 1. The van der Waals surface area contributed by atoms with Crippen LogP contribution in [-0.2, 0) is 4.79 Å². The summed E-state index contributed by atoms with van der Waals surface area (Å²) in [5.41, 5.74) is 1.32. The number of benzene rings is 1. The van der Waals surface area contributed by atoms with Crippen LogP contribution < -0.4 is 10.2 Å². The van der Waals surface area contributed by atoms with Gasteiger partial charge in [0.2, 0.25) is 16.0 Å². The molecule has 0 atom stereocenters. The Morgan fingerprint density at radius 2 is 1.85 bits per heavy atom. The third kappa shape index (κ3) is 5.50. The van der Waals surface area contributed by atoms with E-state index in [4.69, 9.17) is 10.1 Å². The van der Waals surface area contributed by atoms with Gasteiger partial charge in [-0.2, -0.15) is 4.52 Å². The Bertz CT molecular complexity index is 1130. The number of hydrogen-bond donors (Lipinski definition) is 1. The topological polar surface area (TPSA) is 69.0 Å². The van der Waals surface area contributed by atoms with E-state index < -0.39 is 0 Å². The minimum Gasteiger partial charge on any atom is -0.364 e. The zero-order chi connectivity index (χ0) is 24.5. The molecule has 4 rings (SSSR count). The second-order valence-corrected chi connectivity index (χ2v) is 10.8. The predicted octanol–water partition coefficient (Wildman–Crippen LogP) is 3.80. The molecule has 1 aromatic carbocycles. The molecule has 0 radical (unpaired) electrons. The third-order valence-electron chi connectivity index (χ3n) is 5.77. The number of nitrogens with one attached hydrogen (secondary N) is 1. The Balaban J connectivity index is 1.53. The molecule has 0 saturated carbocycles. The number of rotatable bonds is 7. The number of carbonyl (C=O) groups is 1. The fourth-order valence-corrected chi connectivity index (χ4v) is 4.94. The fourth-order valence-electron chi connectivity index (χ4n) is 4.08. The summed E-state index contributed by atoms with van der Waals surface area (Å²) in [6, 6.07) is 6.32. The smallest absolute Gasteiger partial charge is 0.242 e. The van der Waals surface area contributed by atoms with E-state index in [1.807, 2.05) is 16.8 Å². The van der Waals surface area contributed by atoms with Gasteiger partial charge in [0.15, 0.2) is 5.82 Å². The van der Waals surface area contributed by atoms with E-state index in [-0.39, 0.29) is 23.8 Å². The lowest BCUT2D eigenvalue weighted by atomic mass is 10.1. The van der Waals surface area contributed by atoms with Gasteiger partial charge in [0.25, 0.3) is 0 Å². The number of amides is 1. The van der Waals surface area contributed by atoms with Crippen molar-refractivity contribution in [3.05, 3.63) is 30.1 Å². The number of piperazine rings is 1. The molecule has 0 bridgehead atoms. The van der Waals surface area contributed by atoms with Gasteiger partial charge in [-0.3, -0.25) is 9.69 Å². The van der Waals surface area contributed by atoms with E-state index >= 15 is 0 Å². The van der Waals surface area contributed by atoms with Gasteiger partial charge < -0.3 is 15.1 Å². The van der Waals surface area contributed by atoms with Crippen molar-refractivity contribution in [1.29, 1.82) is 0 Å². The number of nitrogens with zero attached hydrogens (tertiary/aromatic N) is 6. The molecule has 34 heavy (non-hydrogen) atoms. The van der Waals surface area contributed by atoms with Gasteiger partial charge in [0.05, 0.1) is 6.54 Å². The number of hydrogen-bond acceptors (Lipinski definition) is 7. The van der Waals surface area contributed by atoms with Crippen LogP contribution in [0.4, 0.5) is 15.3 Å². The van der Waals surface area contributed by atoms with Crippen molar-refractivity contribution >= 4 is 33.2 Å². The van der Waals surface area contributed by atoms with Crippen molar-refractivity contribution in [2.75, 3.05) is 56.5 Å². The van der Waals surface area contributed by atoms with E-state index in [1.54, 1.807) is 16.6 Å². The highest BCUT2D eigenvalue weighted by Crippen LogP contribution is 2.34. The zero-order valence-corrected chi connectivity index (χ0v) is 21.5. The van der Waals surface area contributed by atoms with Crippen LogP contribution in [0.3, 0.4) is 0 Å². The van der Waals surface area contributed by atoms with Crippen LogP contribution in [0.2, 0.25) is 0 Å². The molecular formula is C24H34FN7OS. The Kier molecular flexibility index (Phi) is 7.09. The highest BCUT2D eigenvalue weighted by Gasteiger charge is 2.25. The average Bonchev–Trinajstić information content (AvgIpc) is 3.33. The van der Waals surface area contributed by atoms with Gasteiger partial charge in [0, 0.05) is 44.3 Å². The van der Waals surface area contributed by atoms with E-state index in [9.17, 15) is 9.18 Å². The normalized spacial score (nSPS) is 15.2. The summed E-state index contributed by atoms with van der Waals surface area (Å²) in [6.45, 7) is 13.2. The van der Waals surface area contributed by atoms with Gasteiger partial charge in [-0.05, 0) is 58.0 Å². The summed E-state index contributed by atoms with van der Waals surface area (Å²) in [5.74, 6) is 0.587. The minimum absolute atomic E-state index is 0.117. The molecule has 8 nitrogen and oxygen atoms in total. The number of carbonyl (C=O) groups excluding carboxylic acids is 1. The predicted molar refractivity (Wildman–Crippen MR) is 136 cm³/mol. The standard InChI is InChI=1S/C24H34FN7OS/c1-6-11-30-12-14-31(15-13-30)19(33)16-29(5)23-28-32-21(27-24(2,3)4)20(26-22(32)34-23)17-7-9-18(25)10-8-17/h7-10,27H,6,11-16H2,1-5H3. The van der Waals surface area contributed by atoms with Gasteiger partial charge in [-0.25, -0.2) is 9.37 Å². The van der Waals surface area contributed by atoms with Crippen LogP contribution in [0.1, 0.15) is 34.1 Å². The van der Waals surface area contributed by atoms with Crippen LogP contribution >= 0.6 is 11.3 Å². The Hall–Kier alpha value is -2.72. The number of imidazole rings is 1. The van der Waals surface area contributed by atoms with E-state index in [0.29, 0.717) is 4.96 Å². The molecule has 0 spiro atoms. The van der Waals surface area contributed by atoms with E-state index in [1.165, 1.54) is 23.5 Å². The second-order valence-electron chi connectivity index (χ2n) is 9.85. The lowest BCUT2D eigenvalue weighted by Crippen LogP contribution is -2.51. The maximum Gasteiger partial charge on any atom is 0.242 e. The lowest BCUT2D eigenvalue weighted by Gasteiger charge is -2.35. The lowest BCUT2D eigenvalue weighted by molar-refractivity contribution is -0.131. The molecule has 1 amide bonds. The Morgan fingerprint density at radius 3 is 2.47 bits per heavy atom. The van der Waals surface area contributed by atoms with Crippen LogP contribution in [0, 0.1) is 5.82 Å². The molecule has 1 N–H and O–H groups in total. The highest BCUT2D eigenvalue weighted by molar-refractivity contribution is 7.20. The van der Waals surface area contributed by atoms with Gasteiger partial charge in [-0.1, -0.05) is 18.3 Å². The van der Waals surface area contributed by atoms with E-state index in [0.717, 1.165) is 61.4 Å². The molecule has 3 heterocycles. The molecule has 2 aromatic heterocycles. The second kappa shape index (κ2) is 9.87. The van der Waals surface area contributed by atoms with Crippen molar-refractivity contribution in [3.8, 4) is 11.3 Å². The van der Waals surface area contributed by atoms with Crippen LogP contribution in [0.25, 0.3) is 16.2 Å². The molecule has 3 aromatic rings. The molecule has 10 heteroatoms. The first-order valence-corrected chi connectivity index (χ1v) is 12.6. The average molecular weight is 488 g/mol. The number of aromatic nitrogens is 3. The van der Waals surface area contributed by atoms with Gasteiger partial charge in [-0.15, -0.1) is 5.10 Å². The van der Waals surface area contributed by atoms with Crippen molar-refractivity contribution in [2.45, 2.75) is 39.7 Å². The monoisotopic (exact) mass is 487 g/mol. The van der Waals surface area contributed by atoms with Crippen molar-refractivity contribution in [3.63, 3.8) is 0 Å². The van der Waals surface area contributed by atoms with Crippen molar-refractivity contribution in [1.82, 2.24) is 24.4 Å². The van der Waals surface area contributed by atoms with Crippen LogP contribution in [0.5, 0.6) is 0 Å². The summed E-state index contributed by atoms with van der Waals surface area (Å²) in [5, 5.41) is 9.00. The molecule has 0 unspecified atom stereocenters. The number of halogens is 1. The Labute approximate surface area is 204 Å². The van der Waals surface area contributed by atoms with Crippen LogP contribution in [-0.4, -0.2) is 82.2 Å². The summed E-state index contributed by atoms with van der Waals surface area (Å²) in [7, 11) is 1.89. The van der Waals surface area contributed by atoms with E-state index in [2.05, 4.69) is 37.9 Å². The molecular weight excluding hydrogens is 453 g/mol. The summed E-state index contributed by atoms with van der Waals surface area (Å²) >= 11 is 1.43. The summed E-state index contributed by atoms with van der Waals surface area (Å²) < 4.78 is 15.2. The highest BCUT2D eigenvalue weighted by atomic mass is 32.1. The molecule has 1 aliphatic rings. The molecule has 1 aliphatic heterocycles. The van der Waals surface area contributed by atoms with Gasteiger partial charge >= 0.3 is 0 Å². The molecule has 1 saturated heterocycles. The van der Waals surface area contributed by atoms with Crippen molar-refractivity contribution < 1.29 is 9.18 Å². The largest absolute Gasteiger partial charge is 0.364 e. The fraction of sp³-hybridized carbons (Fsp3) is 0.542. The number of likely N-dealkylation sites (N-methyl/N-ethyl adjacent to an activating group) is 1. The Morgan fingerprint density at radius 1 is 1.18 bits per heavy atom. The van der Waals surface area contributed by atoms with Gasteiger partial charge in [0.1, 0.15) is 11.5 Å². The molecule has 1 fully saturated rings. The third-order valence-corrected chi connectivity index (χ3v) is 6.79. The first-order chi connectivity index (χ1) is 16.1. The van der Waals surface area contributed by atoms with Crippen LogP contribution in [0.15, 0.2) is 24.3 Å². The quantitative estimate of drug-likeness (QED) is 0.547. The minimum atomic E-state index is -0.284. The number of anilines is 2. The zero-order valence-electron chi connectivity index (χ0n) is 20.6. The maximum absolute atomic E-state index is 13.5. The summed E-state index contributed by atoms with van der Waals surface area (Å²) in [6.07, 6.45) is 1.14. The summed E-state index contributed by atoms with van der Waals surface area (Å²) in [4.78, 5) is 24.7. The SMILES string of the molecule is CCCN1CCN(C(=O)CN(C)c2nn3c(NC(C)(C)C)c(-c4ccc(F)cc4)nc3s2)CC1. The maximum atomic E-state index is 13.5. The first-order valence-electron chi connectivity index (χ1n) is 11.8. The first kappa shape index (κ1) is 24.4.